The van der Waals surface area contributed by atoms with Crippen LogP contribution in [0.25, 0.3) is 0 Å². The standard InChI is InChI=1S/C15H20N2O2/c1-2-15(19)13-3-5-14(6-4-13)17-9-7-16(8-10-17)11-12-18/h1,3-6,15,18-19H,7-12H2. The highest BCUT2D eigenvalue weighted by molar-refractivity contribution is 5.48. The molecule has 0 spiro atoms. The van der Waals surface area contributed by atoms with Crippen molar-refractivity contribution in [3.8, 4) is 12.3 Å². The monoisotopic (exact) mass is 260 g/mol. The summed E-state index contributed by atoms with van der Waals surface area (Å²) in [6.07, 6.45) is 4.37. The van der Waals surface area contributed by atoms with E-state index in [1.165, 1.54) is 0 Å². The molecule has 1 atom stereocenters. The Bertz CT molecular complexity index is 430. The molecule has 1 unspecified atom stereocenters. The Morgan fingerprint density at radius 3 is 2.32 bits per heavy atom. The van der Waals surface area contributed by atoms with Crippen LogP contribution in [0.5, 0.6) is 0 Å². The molecule has 1 aliphatic rings. The van der Waals surface area contributed by atoms with Crippen LogP contribution in [0.15, 0.2) is 24.3 Å². The maximum Gasteiger partial charge on any atom is 0.139 e. The van der Waals surface area contributed by atoms with Gasteiger partial charge in [-0.1, -0.05) is 18.1 Å². The van der Waals surface area contributed by atoms with Gasteiger partial charge in [-0.05, 0) is 17.7 Å². The van der Waals surface area contributed by atoms with Gasteiger partial charge in [0.05, 0.1) is 6.61 Å². The van der Waals surface area contributed by atoms with Crippen LogP contribution in [0.3, 0.4) is 0 Å². The number of aliphatic hydroxyl groups excluding tert-OH is 2. The van der Waals surface area contributed by atoms with Gasteiger partial charge in [0, 0.05) is 38.4 Å². The van der Waals surface area contributed by atoms with E-state index < -0.39 is 6.10 Å². The summed E-state index contributed by atoms with van der Waals surface area (Å²) in [6, 6.07) is 7.75. The molecule has 0 amide bonds. The highest BCUT2D eigenvalue weighted by atomic mass is 16.3. The highest BCUT2D eigenvalue weighted by Crippen LogP contribution is 2.20. The number of hydrogen-bond donors (Lipinski definition) is 2. The Morgan fingerprint density at radius 1 is 1.16 bits per heavy atom. The lowest BCUT2D eigenvalue weighted by molar-refractivity contribution is 0.189. The smallest absolute Gasteiger partial charge is 0.139 e. The third-order valence-electron chi connectivity index (χ3n) is 3.52. The molecule has 4 heteroatoms. The predicted molar refractivity (Wildman–Crippen MR) is 76.0 cm³/mol. The van der Waals surface area contributed by atoms with Crippen molar-refractivity contribution in [1.82, 2.24) is 4.90 Å². The molecule has 1 fully saturated rings. The number of piperazine rings is 1. The van der Waals surface area contributed by atoms with E-state index in [-0.39, 0.29) is 6.61 Å². The normalized spacial score (nSPS) is 18.1. The van der Waals surface area contributed by atoms with Gasteiger partial charge in [-0.25, -0.2) is 0 Å². The highest BCUT2D eigenvalue weighted by Gasteiger charge is 2.16. The quantitative estimate of drug-likeness (QED) is 0.773. The molecule has 0 saturated carbocycles. The van der Waals surface area contributed by atoms with E-state index in [4.69, 9.17) is 11.5 Å². The largest absolute Gasteiger partial charge is 0.395 e. The van der Waals surface area contributed by atoms with Crippen LogP contribution in [0.4, 0.5) is 5.69 Å². The predicted octanol–water partition coefficient (Wildman–Crippen LogP) is 0.467. The molecule has 2 N–H and O–H groups in total. The van der Waals surface area contributed by atoms with Crippen LogP contribution in [0.2, 0.25) is 0 Å². The molecule has 1 saturated heterocycles. The number of nitrogens with zero attached hydrogens (tertiary/aromatic N) is 2. The SMILES string of the molecule is C#CC(O)c1ccc(N2CCN(CCO)CC2)cc1. The average molecular weight is 260 g/mol. The summed E-state index contributed by atoms with van der Waals surface area (Å²) in [4.78, 5) is 4.56. The molecule has 1 heterocycles. The topological polar surface area (TPSA) is 46.9 Å². The molecule has 19 heavy (non-hydrogen) atoms. The van der Waals surface area contributed by atoms with Gasteiger partial charge in [-0.15, -0.1) is 6.42 Å². The number of rotatable bonds is 4. The van der Waals surface area contributed by atoms with Crippen molar-refractivity contribution in [3.05, 3.63) is 29.8 Å². The fourth-order valence-corrected chi connectivity index (χ4v) is 2.33. The fourth-order valence-electron chi connectivity index (χ4n) is 2.33. The first-order valence-corrected chi connectivity index (χ1v) is 6.57. The lowest BCUT2D eigenvalue weighted by atomic mass is 10.1. The minimum absolute atomic E-state index is 0.221. The van der Waals surface area contributed by atoms with E-state index in [1.54, 1.807) is 0 Å². The summed E-state index contributed by atoms with van der Waals surface area (Å²) in [5.74, 6) is 2.31. The molecular weight excluding hydrogens is 240 g/mol. The van der Waals surface area contributed by atoms with Gasteiger partial charge in [-0.3, -0.25) is 4.90 Å². The second-order valence-electron chi connectivity index (χ2n) is 4.71. The summed E-state index contributed by atoms with van der Waals surface area (Å²) in [5.41, 5.74) is 1.90. The first-order chi connectivity index (χ1) is 9.24. The van der Waals surface area contributed by atoms with Crippen molar-refractivity contribution in [2.75, 3.05) is 44.2 Å². The molecule has 4 nitrogen and oxygen atoms in total. The van der Waals surface area contributed by atoms with Crippen molar-refractivity contribution in [1.29, 1.82) is 0 Å². The lowest BCUT2D eigenvalue weighted by Crippen LogP contribution is -2.47. The minimum Gasteiger partial charge on any atom is -0.395 e. The summed E-state index contributed by atoms with van der Waals surface area (Å²) in [5, 5.41) is 18.5. The molecule has 0 radical (unpaired) electrons. The third-order valence-corrected chi connectivity index (χ3v) is 3.52. The van der Waals surface area contributed by atoms with Crippen LogP contribution < -0.4 is 4.90 Å². The van der Waals surface area contributed by atoms with Gasteiger partial charge in [0.15, 0.2) is 0 Å². The number of terminal acetylenes is 1. The summed E-state index contributed by atoms with van der Waals surface area (Å²) < 4.78 is 0. The second-order valence-corrected chi connectivity index (χ2v) is 4.71. The zero-order chi connectivity index (χ0) is 13.7. The zero-order valence-corrected chi connectivity index (χ0v) is 11.0. The summed E-state index contributed by atoms with van der Waals surface area (Å²) >= 11 is 0. The number of aliphatic hydroxyl groups is 2. The second kappa shape index (κ2) is 6.58. The van der Waals surface area contributed by atoms with Gasteiger partial charge in [0.1, 0.15) is 6.10 Å². The van der Waals surface area contributed by atoms with Crippen LogP contribution >= 0.6 is 0 Å². The van der Waals surface area contributed by atoms with Gasteiger partial charge in [-0.2, -0.15) is 0 Å². The lowest BCUT2D eigenvalue weighted by Gasteiger charge is -2.35. The molecule has 1 aliphatic heterocycles. The van der Waals surface area contributed by atoms with Crippen LogP contribution in [-0.4, -0.2) is 54.4 Å². The first kappa shape index (κ1) is 13.9. The molecule has 1 aromatic carbocycles. The Kier molecular flexibility index (Phi) is 4.80. The number of β-amino-alcohol motifs (C(OH)–C–C–N with tert-alkyl or cyclic N) is 1. The zero-order valence-electron chi connectivity index (χ0n) is 11.0. The molecule has 102 valence electrons. The minimum atomic E-state index is -0.824. The van der Waals surface area contributed by atoms with Crippen molar-refractivity contribution in [3.63, 3.8) is 0 Å². The maximum absolute atomic E-state index is 9.54. The van der Waals surface area contributed by atoms with Crippen LogP contribution in [0.1, 0.15) is 11.7 Å². The Hall–Kier alpha value is -1.54. The molecule has 0 aliphatic carbocycles. The van der Waals surface area contributed by atoms with Crippen molar-refractivity contribution >= 4 is 5.69 Å². The molecule has 1 aromatic rings. The van der Waals surface area contributed by atoms with Gasteiger partial charge in [0.25, 0.3) is 0 Å². The Morgan fingerprint density at radius 2 is 1.79 bits per heavy atom. The number of hydrogen-bond acceptors (Lipinski definition) is 4. The van der Waals surface area contributed by atoms with Gasteiger partial charge < -0.3 is 15.1 Å². The number of anilines is 1. The van der Waals surface area contributed by atoms with E-state index in [0.29, 0.717) is 0 Å². The van der Waals surface area contributed by atoms with Crippen LogP contribution in [0, 0.1) is 12.3 Å². The number of benzene rings is 1. The summed E-state index contributed by atoms with van der Waals surface area (Å²) in [6.45, 7) is 4.82. The van der Waals surface area contributed by atoms with E-state index in [1.807, 2.05) is 24.3 Å². The van der Waals surface area contributed by atoms with E-state index >= 15 is 0 Å². The summed E-state index contributed by atoms with van der Waals surface area (Å²) in [7, 11) is 0. The van der Waals surface area contributed by atoms with E-state index in [2.05, 4.69) is 15.7 Å². The van der Waals surface area contributed by atoms with Crippen molar-refractivity contribution in [2.24, 2.45) is 0 Å². The van der Waals surface area contributed by atoms with Gasteiger partial charge in [0.2, 0.25) is 0 Å². The van der Waals surface area contributed by atoms with E-state index in [0.717, 1.165) is 44.0 Å². The average Bonchev–Trinajstić information content (AvgIpc) is 2.48. The molecule has 0 aromatic heterocycles. The molecule has 2 rings (SSSR count). The van der Waals surface area contributed by atoms with Crippen molar-refractivity contribution in [2.45, 2.75) is 6.10 Å². The van der Waals surface area contributed by atoms with Crippen LogP contribution in [-0.2, 0) is 0 Å². The maximum atomic E-state index is 9.54. The molecule has 0 bridgehead atoms. The first-order valence-electron chi connectivity index (χ1n) is 6.57. The third kappa shape index (κ3) is 3.48. The van der Waals surface area contributed by atoms with E-state index in [9.17, 15) is 5.11 Å². The molecular formula is C15H20N2O2. The Labute approximate surface area is 114 Å². The van der Waals surface area contributed by atoms with Crippen molar-refractivity contribution < 1.29 is 10.2 Å². The Balaban J connectivity index is 1.95. The fraction of sp³-hybridized carbons (Fsp3) is 0.467. The van der Waals surface area contributed by atoms with Gasteiger partial charge >= 0.3 is 0 Å².